The Morgan fingerprint density at radius 1 is 1.37 bits per heavy atom. The highest BCUT2D eigenvalue weighted by Gasteiger charge is 2.21. The fourth-order valence-electron chi connectivity index (χ4n) is 2.48. The van der Waals surface area contributed by atoms with Crippen molar-refractivity contribution < 1.29 is 9.84 Å². The maximum atomic E-state index is 9.88. The van der Waals surface area contributed by atoms with Crippen LogP contribution in [-0.2, 0) is 0 Å². The highest BCUT2D eigenvalue weighted by molar-refractivity contribution is 6.30. The molecule has 3 unspecified atom stereocenters. The Kier molecular flexibility index (Phi) is 5.49. The van der Waals surface area contributed by atoms with Gasteiger partial charge < -0.3 is 15.2 Å². The van der Waals surface area contributed by atoms with Crippen LogP contribution in [0.1, 0.15) is 26.2 Å². The van der Waals surface area contributed by atoms with E-state index < -0.39 is 6.10 Å². The predicted molar refractivity (Wildman–Crippen MR) is 77.8 cm³/mol. The Morgan fingerprint density at radius 2 is 2.11 bits per heavy atom. The minimum atomic E-state index is -0.480. The van der Waals surface area contributed by atoms with E-state index in [4.69, 9.17) is 16.3 Å². The molecule has 1 fully saturated rings. The van der Waals surface area contributed by atoms with Crippen molar-refractivity contribution in [3.05, 3.63) is 29.3 Å². The van der Waals surface area contributed by atoms with Gasteiger partial charge in [-0.2, -0.15) is 0 Å². The molecule has 0 aromatic heterocycles. The average molecular weight is 284 g/mol. The maximum Gasteiger partial charge on any atom is 0.119 e. The van der Waals surface area contributed by atoms with Crippen LogP contribution < -0.4 is 10.1 Å². The fraction of sp³-hybridized carbons (Fsp3) is 0.600. The van der Waals surface area contributed by atoms with Crippen LogP contribution >= 0.6 is 11.6 Å². The lowest BCUT2D eigenvalue weighted by Gasteiger charge is -2.17. The van der Waals surface area contributed by atoms with Crippen LogP contribution in [0.4, 0.5) is 0 Å². The van der Waals surface area contributed by atoms with Gasteiger partial charge in [-0.3, -0.25) is 0 Å². The molecular weight excluding hydrogens is 262 g/mol. The second-order valence-corrected chi connectivity index (χ2v) is 5.88. The zero-order chi connectivity index (χ0) is 13.7. The summed E-state index contributed by atoms with van der Waals surface area (Å²) in [4.78, 5) is 0. The molecular formula is C15H22ClNO2. The molecule has 1 aliphatic carbocycles. The molecule has 4 heteroatoms. The van der Waals surface area contributed by atoms with E-state index in [1.54, 1.807) is 24.3 Å². The Balaban J connectivity index is 1.64. The van der Waals surface area contributed by atoms with Gasteiger partial charge in [-0.05, 0) is 49.4 Å². The van der Waals surface area contributed by atoms with Gasteiger partial charge in [-0.1, -0.05) is 18.5 Å². The van der Waals surface area contributed by atoms with Crippen molar-refractivity contribution in [2.24, 2.45) is 5.92 Å². The van der Waals surface area contributed by atoms with Gasteiger partial charge in [-0.15, -0.1) is 0 Å². The van der Waals surface area contributed by atoms with Crippen LogP contribution in [0, 0.1) is 5.92 Å². The molecule has 1 aromatic carbocycles. The normalized spacial score (nSPS) is 24.4. The number of aliphatic hydroxyl groups is 1. The van der Waals surface area contributed by atoms with E-state index in [1.807, 2.05) is 0 Å². The van der Waals surface area contributed by atoms with Crippen molar-refractivity contribution in [1.82, 2.24) is 5.32 Å². The number of aliphatic hydroxyl groups excluding tert-OH is 1. The highest BCUT2D eigenvalue weighted by Crippen LogP contribution is 2.24. The van der Waals surface area contributed by atoms with E-state index in [-0.39, 0.29) is 0 Å². The maximum absolute atomic E-state index is 9.88. The van der Waals surface area contributed by atoms with Crippen molar-refractivity contribution in [3.8, 4) is 5.75 Å². The van der Waals surface area contributed by atoms with Crippen LogP contribution in [0.25, 0.3) is 0 Å². The molecule has 0 bridgehead atoms. The van der Waals surface area contributed by atoms with Gasteiger partial charge in [0.2, 0.25) is 0 Å². The number of halogens is 1. The molecule has 0 saturated heterocycles. The van der Waals surface area contributed by atoms with Gasteiger partial charge in [0.1, 0.15) is 18.5 Å². The summed E-state index contributed by atoms with van der Waals surface area (Å²) in [7, 11) is 0. The smallest absolute Gasteiger partial charge is 0.119 e. The third kappa shape index (κ3) is 5.01. The van der Waals surface area contributed by atoms with Crippen molar-refractivity contribution >= 4 is 11.6 Å². The average Bonchev–Trinajstić information content (AvgIpc) is 2.81. The van der Waals surface area contributed by atoms with Crippen LogP contribution in [0.2, 0.25) is 5.02 Å². The summed E-state index contributed by atoms with van der Waals surface area (Å²) in [6.45, 7) is 3.17. The van der Waals surface area contributed by atoms with E-state index in [2.05, 4.69) is 12.2 Å². The molecule has 2 N–H and O–H groups in total. The lowest BCUT2D eigenvalue weighted by molar-refractivity contribution is 0.103. The van der Waals surface area contributed by atoms with E-state index >= 15 is 0 Å². The molecule has 3 atom stereocenters. The molecule has 1 saturated carbocycles. The predicted octanol–water partition coefficient (Wildman–Crippen LogP) is 2.86. The molecule has 1 aliphatic rings. The zero-order valence-corrected chi connectivity index (χ0v) is 12.1. The van der Waals surface area contributed by atoms with Crippen molar-refractivity contribution in [3.63, 3.8) is 0 Å². The van der Waals surface area contributed by atoms with Crippen molar-refractivity contribution in [2.45, 2.75) is 38.3 Å². The number of hydrogen-bond donors (Lipinski definition) is 2. The van der Waals surface area contributed by atoms with E-state index in [0.29, 0.717) is 24.2 Å². The zero-order valence-electron chi connectivity index (χ0n) is 11.3. The van der Waals surface area contributed by atoms with Gasteiger partial charge in [-0.25, -0.2) is 0 Å². The van der Waals surface area contributed by atoms with Crippen LogP contribution in [0.5, 0.6) is 5.75 Å². The second kappa shape index (κ2) is 7.13. The van der Waals surface area contributed by atoms with Crippen LogP contribution in [-0.4, -0.2) is 30.4 Å². The van der Waals surface area contributed by atoms with Gasteiger partial charge in [0, 0.05) is 17.6 Å². The van der Waals surface area contributed by atoms with Gasteiger partial charge >= 0.3 is 0 Å². The minimum absolute atomic E-state index is 0.302. The molecule has 2 rings (SSSR count). The quantitative estimate of drug-likeness (QED) is 0.843. The number of benzene rings is 1. The Hall–Kier alpha value is -0.770. The Morgan fingerprint density at radius 3 is 2.74 bits per heavy atom. The number of hydrogen-bond acceptors (Lipinski definition) is 3. The number of rotatable bonds is 6. The third-order valence-corrected chi connectivity index (χ3v) is 3.84. The first-order chi connectivity index (χ1) is 9.13. The Bertz CT molecular complexity index is 382. The molecule has 0 amide bonds. The molecule has 3 nitrogen and oxygen atoms in total. The van der Waals surface area contributed by atoms with E-state index in [1.165, 1.54) is 19.3 Å². The van der Waals surface area contributed by atoms with Crippen molar-refractivity contribution in [2.75, 3.05) is 13.2 Å². The SMILES string of the molecule is CC1CCC(NCC(O)COc2ccc(Cl)cc2)C1. The monoisotopic (exact) mass is 283 g/mol. The highest BCUT2D eigenvalue weighted by atomic mass is 35.5. The summed E-state index contributed by atoms with van der Waals surface area (Å²) in [5.74, 6) is 1.54. The summed E-state index contributed by atoms with van der Waals surface area (Å²) < 4.78 is 5.51. The molecule has 1 aromatic rings. The van der Waals surface area contributed by atoms with Gasteiger partial charge in [0.05, 0.1) is 0 Å². The standard InChI is InChI=1S/C15H22ClNO2/c1-11-2-5-13(8-11)17-9-14(18)10-19-15-6-3-12(16)4-7-15/h3-4,6-7,11,13-14,17-18H,2,5,8-10H2,1H3. The lowest BCUT2D eigenvalue weighted by Crippen LogP contribution is -2.36. The second-order valence-electron chi connectivity index (χ2n) is 5.44. The van der Waals surface area contributed by atoms with Crippen LogP contribution in [0.3, 0.4) is 0 Å². The number of nitrogens with one attached hydrogen (secondary N) is 1. The first kappa shape index (κ1) is 14.6. The van der Waals surface area contributed by atoms with Crippen LogP contribution in [0.15, 0.2) is 24.3 Å². The summed E-state index contributed by atoms with van der Waals surface area (Å²) in [5.41, 5.74) is 0. The minimum Gasteiger partial charge on any atom is -0.491 e. The Labute approximate surface area is 119 Å². The van der Waals surface area contributed by atoms with E-state index in [9.17, 15) is 5.11 Å². The summed E-state index contributed by atoms with van der Waals surface area (Å²) in [5, 5.41) is 14.0. The molecule has 0 aliphatic heterocycles. The van der Waals surface area contributed by atoms with E-state index in [0.717, 1.165) is 11.7 Å². The first-order valence-electron chi connectivity index (χ1n) is 6.93. The summed E-state index contributed by atoms with van der Waals surface area (Å²) in [6.07, 6.45) is 3.23. The molecule has 0 spiro atoms. The largest absolute Gasteiger partial charge is 0.491 e. The summed E-state index contributed by atoms with van der Waals surface area (Å²) in [6, 6.07) is 7.73. The third-order valence-electron chi connectivity index (χ3n) is 3.59. The number of ether oxygens (including phenoxy) is 1. The lowest BCUT2D eigenvalue weighted by atomic mass is 10.1. The molecule has 0 heterocycles. The van der Waals surface area contributed by atoms with Gasteiger partial charge in [0.15, 0.2) is 0 Å². The fourth-order valence-corrected chi connectivity index (χ4v) is 2.60. The first-order valence-corrected chi connectivity index (χ1v) is 7.31. The molecule has 19 heavy (non-hydrogen) atoms. The van der Waals surface area contributed by atoms with Gasteiger partial charge in [0.25, 0.3) is 0 Å². The topological polar surface area (TPSA) is 41.5 Å². The summed E-state index contributed by atoms with van der Waals surface area (Å²) >= 11 is 5.79. The molecule has 0 radical (unpaired) electrons. The molecule has 106 valence electrons. The van der Waals surface area contributed by atoms with Crippen molar-refractivity contribution in [1.29, 1.82) is 0 Å².